The molecule has 4 N–H and O–H groups in total. The van der Waals surface area contributed by atoms with Crippen molar-refractivity contribution >= 4 is 17.3 Å². The monoisotopic (exact) mass is 565 g/mol. The fraction of sp³-hybridized carbons (Fsp3) is 0.667. The number of epoxide rings is 4. The molecule has 0 radical (unpaired) electrons. The number of benzene rings is 1. The van der Waals surface area contributed by atoms with Gasteiger partial charge in [-0.05, 0) is 66.5 Å². The number of allylic oxidation sites excluding steroid dienone is 2. The van der Waals surface area contributed by atoms with Gasteiger partial charge in [-0.15, -0.1) is 0 Å². The Balaban J connectivity index is 1.52. The van der Waals surface area contributed by atoms with Gasteiger partial charge in [0.1, 0.15) is 0 Å². The maximum Gasteiger partial charge on any atom is 0.254 e. The third kappa shape index (κ3) is 5.68. The minimum absolute atomic E-state index is 0.0289. The summed E-state index contributed by atoms with van der Waals surface area (Å²) in [6, 6.07) is 4.20. The van der Waals surface area contributed by atoms with Gasteiger partial charge in [0.15, 0.2) is 0 Å². The number of aryl methyl sites for hydroxylation is 1. The molecule has 41 heavy (non-hydrogen) atoms. The number of hydrogen-bond acceptors (Lipinski definition) is 7. The summed E-state index contributed by atoms with van der Waals surface area (Å²) in [6.07, 6.45) is 6.10. The minimum Gasteiger partial charge on any atom is -0.401 e. The predicted octanol–water partition coefficient (Wildman–Crippen LogP) is 4.44. The zero-order chi connectivity index (χ0) is 28.9. The average Bonchev–Trinajstić information content (AvgIpc) is 3.76. The second-order valence-corrected chi connectivity index (χ2v) is 12.5. The molecule has 4 saturated heterocycles. The molecule has 0 saturated carbocycles. The van der Waals surface area contributed by atoms with Crippen molar-refractivity contribution in [3.8, 4) is 0 Å². The van der Waals surface area contributed by atoms with Crippen molar-refractivity contribution in [3.63, 3.8) is 0 Å². The highest BCUT2D eigenvalue weighted by Crippen LogP contribution is 2.55. The molecule has 8 nitrogen and oxygen atoms in total. The van der Waals surface area contributed by atoms with E-state index in [1.54, 1.807) is 0 Å². The lowest BCUT2D eigenvalue weighted by atomic mass is 9.58. The van der Waals surface area contributed by atoms with E-state index >= 15 is 4.79 Å². The number of hydrogen-bond donors (Lipinski definition) is 2. The lowest BCUT2D eigenvalue weighted by Crippen LogP contribution is -2.47. The quantitative estimate of drug-likeness (QED) is 0.253. The van der Waals surface area contributed by atoms with Crippen LogP contribution in [0.1, 0.15) is 70.9 Å². The van der Waals surface area contributed by atoms with Gasteiger partial charge in [0, 0.05) is 46.8 Å². The van der Waals surface area contributed by atoms with E-state index in [0.29, 0.717) is 13.2 Å². The van der Waals surface area contributed by atoms with Gasteiger partial charge in [-0.1, -0.05) is 27.7 Å². The van der Waals surface area contributed by atoms with Gasteiger partial charge in [0.25, 0.3) is 5.91 Å². The zero-order valence-electron chi connectivity index (χ0n) is 25.2. The number of amides is 1. The summed E-state index contributed by atoms with van der Waals surface area (Å²) in [7, 11) is 0. The predicted molar refractivity (Wildman–Crippen MR) is 160 cm³/mol. The summed E-state index contributed by atoms with van der Waals surface area (Å²) in [5.41, 5.74) is 21.3. The lowest BCUT2D eigenvalue weighted by molar-refractivity contribution is -0.116. The van der Waals surface area contributed by atoms with Gasteiger partial charge in [-0.25, -0.2) is 0 Å². The molecule has 8 heteroatoms. The Bertz CT molecular complexity index is 1240. The van der Waals surface area contributed by atoms with E-state index in [1.165, 1.54) is 0 Å². The topological polar surface area (TPSA) is 122 Å². The Labute approximate surface area is 244 Å². The van der Waals surface area contributed by atoms with Crippen LogP contribution in [0.15, 0.2) is 34.5 Å². The number of nitrogens with two attached hydrogens (primary N) is 2. The second kappa shape index (κ2) is 11.4. The molecule has 6 rings (SSSR count). The molecule has 0 spiro atoms. The zero-order valence-corrected chi connectivity index (χ0v) is 25.2. The molecule has 0 aromatic heterocycles. The largest absolute Gasteiger partial charge is 0.401 e. The molecular formula is C33H47N3O5. The third-order valence-electron chi connectivity index (χ3n) is 10.0. The van der Waals surface area contributed by atoms with Crippen LogP contribution in [-0.4, -0.2) is 63.3 Å². The molecule has 1 aliphatic carbocycles. The highest BCUT2D eigenvalue weighted by molar-refractivity contribution is 6.08. The van der Waals surface area contributed by atoms with Crippen molar-refractivity contribution in [1.82, 2.24) is 0 Å². The molecule has 1 aromatic rings. The summed E-state index contributed by atoms with van der Waals surface area (Å²) in [6.45, 7) is 12.1. The van der Waals surface area contributed by atoms with E-state index in [9.17, 15) is 0 Å². The Morgan fingerprint density at radius 1 is 0.829 bits per heavy atom. The maximum atomic E-state index is 15.3. The van der Waals surface area contributed by atoms with E-state index in [4.69, 9.17) is 30.4 Å². The molecule has 1 amide bonds. The average molecular weight is 566 g/mol. The van der Waals surface area contributed by atoms with E-state index in [0.717, 1.165) is 110 Å². The smallest absolute Gasteiger partial charge is 0.254 e. The fourth-order valence-corrected chi connectivity index (χ4v) is 7.22. The SMILES string of the molecule is CCC1=C(N)C(CC)(CC)C(CC2CO2)C(C(=O)N(CC2CO2)c2cc(CC)c(N)cc2CC2CO2)=C1CC1CO1. The summed E-state index contributed by atoms with van der Waals surface area (Å²) in [4.78, 5) is 17.3. The normalized spacial score (nSPS) is 29.5. The Morgan fingerprint density at radius 2 is 1.44 bits per heavy atom. The molecule has 5 unspecified atom stereocenters. The molecule has 5 atom stereocenters. The number of carbonyl (C=O) groups is 1. The van der Waals surface area contributed by atoms with Gasteiger partial charge < -0.3 is 35.3 Å². The van der Waals surface area contributed by atoms with Crippen LogP contribution in [0.2, 0.25) is 0 Å². The molecule has 4 aliphatic heterocycles. The Kier molecular flexibility index (Phi) is 7.96. The highest BCUT2D eigenvalue weighted by atomic mass is 16.6. The van der Waals surface area contributed by atoms with Crippen molar-refractivity contribution in [3.05, 3.63) is 45.7 Å². The van der Waals surface area contributed by atoms with Crippen LogP contribution in [0.25, 0.3) is 0 Å². The summed E-state index contributed by atoms with van der Waals surface area (Å²) < 4.78 is 22.9. The van der Waals surface area contributed by atoms with E-state index in [1.807, 2.05) is 4.90 Å². The van der Waals surface area contributed by atoms with Crippen molar-refractivity contribution in [2.75, 3.05) is 43.6 Å². The first kappa shape index (κ1) is 28.7. The number of rotatable bonds is 14. The molecular weight excluding hydrogens is 518 g/mol. The maximum absolute atomic E-state index is 15.3. The standard InChI is InChI=1S/C33H47N3O5/c1-5-19-11-29(20(10-28(19)34)9-21-15-38-21)36(14-24-18-41-24)32(37)30-26(12-22-16-39-22)25(6-2)31(35)33(7-3,8-4)27(30)13-23-17-40-23/h10-11,21-24,27H,5-9,12-18,34-35H2,1-4H3. The van der Waals surface area contributed by atoms with E-state index in [2.05, 4.69) is 39.8 Å². The van der Waals surface area contributed by atoms with Crippen molar-refractivity contribution in [1.29, 1.82) is 0 Å². The van der Waals surface area contributed by atoms with Gasteiger partial charge in [0.2, 0.25) is 0 Å². The molecule has 0 bridgehead atoms. The first-order valence-electron chi connectivity index (χ1n) is 15.7. The van der Waals surface area contributed by atoms with Crippen LogP contribution in [0.4, 0.5) is 11.4 Å². The summed E-state index contributed by atoms with van der Waals surface area (Å²) in [5, 5.41) is 0. The lowest BCUT2D eigenvalue weighted by Gasteiger charge is -2.47. The van der Waals surface area contributed by atoms with Crippen molar-refractivity contribution in [2.24, 2.45) is 17.1 Å². The fourth-order valence-electron chi connectivity index (χ4n) is 7.22. The van der Waals surface area contributed by atoms with Crippen LogP contribution in [0.5, 0.6) is 0 Å². The number of nitrogen functional groups attached to an aromatic ring is 1. The number of nitrogens with zero attached hydrogens (tertiary/aromatic N) is 1. The van der Waals surface area contributed by atoms with E-state index < -0.39 is 0 Å². The highest BCUT2D eigenvalue weighted by Gasteiger charge is 2.51. The first-order chi connectivity index (χ1) is 19.8. The van der Waals surface area contributed by atoms with Gasteiger partial charge in [-0.3, -0.25) is 4.79 Å². The van der Waals surface area contributed by atoms with Crippen molar-refractivity contribution in [2.45, 2.75) is 97.1 Å². The summed E-state index contributed by atoms with van der Waals surface area (Å²) >= 11 is 0. The van der Waals surface area contributed by atoms with Gasteiger partial charge in [0.05, 0.1) is 57.4 Å². The Morgan fingerprint density at radius 3 is 1.98 bits per heavy atom. The Hall–Kier alpha value is -2.39. The molecule has 4 fully saturated rings. The van der Waals surface area contributed by atoms with Crippen molar-refractivity contribution < 1.29 is 23.7 Å². The van der Waals surface area contributed by atoms with Crippen LogP contribution >= 0.6 is 0 Å². The molecule has 5 aliphatic rings. The molecule has 224 valence electrons. The van der Waals surface area contributed by atoms with Gasteiger partial charge in [-0.2, -0.15) is 0 Å². The second-order valence-electron chi connectivity index (χ2n) is 12.5. The van der Waals surface area contributed by atoms with Crippen LogP contribution in [0, 0.1) is 11.3 Å². The molecule has 4 heterocycles. The first-order valence-corrected chi connectivity index (χ1v) is 15.7. The van der Waals surface area contributed by atoms with Crippen LogP contribution in [-0.2, 0) is 36.6 Å². The number of anilines is 2. The third-order valence-corrected chi connectivity index (χ3v) is 10.0. The minimum atomic E-state index is -0.293. The van der Waals surface area contributed by atoms with Crippen LogP contribution < -0.4 is 16.4 Å². The van der Waals surface area contributed by atoms with Crippen LogP contribution in [0.3, 0.4) is 0 Å². The number of carbonyl (C=O) groups excluding carboxylic acids is 1. The van der Waals surface area contributed by atoms with E-state index in [-0.39, 0.29) is 41.7 Å². The summed E-state index contributed by atoms with van der Waals surface area (Å²) in [5.74, 6) is 0.0372. The van der Waals surface area contributed by atoms with Gasteiger partial charge >= 0.3 is 0 Å². The molecule has 1 aromatic carbocycles. The number of ether oxygens (including phenoxy) is 4.